The second-order valence-electron chi connectivity index (χ2n) is 3.63. The second kappa shape index (κ2) is 5.32. The molecular weight excluding hydrogens is 254 g/mol. The molecule has 0 spiro atoms. The number of nitrogens with one attached hydrogen (secondary N) is 1. The van der Waals surface area contributed by atoms with Crippen molar-refractivity contribution in [2.24, 2.45) is 0 Å². The van der Waals surface area contributed by atoms with Gasteiger partial charge in [-0.05, 0) is 27.2 Å². The molecule has 0 aliphatic carbocycles. The fraction of sp³-hybridized carbons (Fsp3) is 1.00. The van der Waals surface area contributed by atoms with E-state index < -0.39 is 10.0 Å². The second-order valence-corrected chi connectivity index (χ2v) is 7.46. The van der Waals surface area contributed by atoms with Gasteiger partial charge in [-0.15, -0.1) is 0 Å². The number of sulfonamides is 1. The van der Waals surface area contributed by atoms with Crippen molar-refractivity contribution in [1.82, 2.24) is 4.72 Å². The van der Waals surface area contributed by atoms with E-state index in [1.54, 1.807) is 13.8 Å². The van der Waals surface area contributed by atoms with Crippen LogP contribution in [-0.4, -0.2) is 24.5 Å². The Bertz CT molecular complexity index is 237. The van der Waals surface area contributed by atoms with E-state index in [1.807, 2.05) is 13.8 Å². The van der Waals surface area contributed by atoms with Crippen molar-refractivity contribution in [3.8, 4) is 0 Å². The first kappa shape index (κ1) is 13.4. The lowest BCUT2D eigenvalue weighted by Crippen LogP contribution is -2.38. The predicted molar refractivity (Wildman–Crippen MR) is 59.7 cm³/mol. The normalized spacial score (nSPS) is 17.4. The summed E-state index contributed by atoms with van der Waals surface area (Å²) in [5, 5.41) is -0.361. The Balaban J connectivity index is 4.13. The third-order valence-electron chi connectivity index (χ3n) is 1.66. The van der Waals surface area contributed by atoms with E-state index in [1.165, 1.54) is 0 Å². The van der Waals surface area contributed by atoms with Crippen LogP contribution in [0.1, 0.15) is 34.1 Å². The van der Waals surface area contributed by atoms with Crippen molar-refractivity contribution in [1.29, 1.82) is 0 Å². The lowest BCUT2D eigenvalue weighted by molar-refractivity contribution is 0.540. The van der Waals surface area contributed by atoms with Gasteiger partial charge < -0.3 is 0 Å². The maximum absolute atomic E-state index is 11.4. The lowest BCUT2D eigenvalue weighted by Gasteiger charge is -2.17. The zero-order chi connectivity index (χ0) is 10.6. The summed E-state index contributed by atoms with van der Waals surface area (Å²) in [6.45, 7) is 7.22. The van der Waals surface area contributed by atoms with Crippen LogP contribution in [0.15, 0.2) is 0 Å². The van der Waals surface area contributed by atoms with Crippen molar-refractivity contribution < 1.29 is 8.42 Å². The van der Waals surface area contributed by atoms with Gasteiger partial charge in [-0.2, -0.15) is 0 Å². The summed E-state index contributed by atoms with van der Waals surface area (Å²) in [5.41, 5.74) is 0. The van der Waals surface area contributed by atoms with Gasteiger partial charge in [0.1, 0.15) is 0 Å². The smallest absolute Gasteiger partial charge is 0.212 e. The Morgan fingerprint density at radius 3 is 2.00 bits per heavy atom. The van der Waals surface area contributed by atoms with Crippen molar-refractivity contribution >= 4 is 26.0 Å². The molecule has 0 saturated carbocycles. The molecule has 0 aromatic rings. The highest BCUT2D eigenvalue weighted by Gasteiger charge is 2.18. The molecule has 2 atom stereocenters. The van der Waals surface area contributed by atoms with Crippen LogP contribution in [0.2, 0.25) is 0 Å². The Morgan fingerprint density at radius 1 is 1.23 bits per heavy atom. The minimum absolute atomic E-state index is 0.0122. The summed E-state index contributed by atoms with van der Waals surface area (Å²) in [5.74, 6) is 0. The van der Waals surface area contributed by atoms with Gasteiger partial charge in [-0.25, -0.2) is 13.1 Å². The summed E-state index contributed by atoms with van der Waals surface area (Å²) in [7, 11) is -3.11. The van der Waals surface area contributed by atoms with E-state index in [-0.39, 0.29) is 11.3 Å². The van der Waals surface area contributed by atoms with Gasteiger partial charge in [0.15, 0.2) is 0 Å². The summed E-state index contributed by atoms with van der Waals surface area (Å²) >= 11 is 3.38. The van der Waals surface area contributed by atoms with E-state index in [0.29, 0.717) is 4.83 Å². The molecule has 1 N–H and O–H groups in total. The molecule has 3 nitrogen and oxygen atoms in total. The number of halogens is 1. The van der Waals surface area contributed by atoms with Crippen LogP contribution >= 0.6 is 15.9 Å². The number of rotatable bonds is 5. The minimum atomic E-state index is -3.11. The van der Waals surface area contributed by atoms with E-state index in [0.717, 1.165) is 6.42 Å². The topological polar surface area (TPSA) is 46.2 Å². The van der Waals surface area contributed by atoms with Gasteiger partial charge in [0.2, 0.25) is 10.0 Å². The molecule has 80 valence electrons. The van der Waals surface area contributed by atoms with Crippen LogP contribution in [0.25, 0.3) is 0 Å². The van der Waals surface area contributed by atoms with Crippen LogP contribution in [0.3, 0.4) is 0 Å². The Hall–Kier alpha value is 0.390. The van der Waals surface area contributed by atoms with Crippen LogP contribution in [0.5, 0.6) is 0 Å². The van der Waals surface area contributed by atoms with Crippen molar-refractivity contribution in [2.75, 3.05) is 0 Å². The molecule has 0 aliphatic rings. The van der Waals surface area contributed by atoms with Crippen LogP contribution in [-0.2, 0) is 10.0 Å². The van der Waals surface area contributed by atoms with E-state index >= 15 is 0 Å². The molecule has 2 unspecified atom stereocenters. The molecule has 0 aromatic heterocycles. The summed E-state index contributed by atoms with van der Waals surface area (Å²) < 4.78 is 25.4. The first-order valence-corrected chi connectivity index (χ1v) is 6.87. The van der Waals surface area contributed by atoms with E-state index in [9.17, 15) is 8.42 Å². The monoisotopic (exact) mass is 271 g/mol. The summed E-state index contributed by atoms with van der Waals surface area (Å²) in [6.07, 6.45) is 0.798. The zero-order valence-corrected chi connectivity index (χ0v) is 10.9. The third kappa shape index (κ3) is 5.65. The first-order chi connectivity index (χ1) is 5.75. The van der Waals surface area contributed by atoms with Gasteiger partial charge in [0.25, 0.3) is 0 Å². The molecule has 0 fully saturated rings. The van der Waals surface area contributed by atoms with Gasteiger partial charge in [0, 0.05) is 10.9 Å². The number of hydrogen-bond acceptors (Lipinski definition) is 2. The Labute approximate surface area is 89.5 Å². The molecular formula is C8H18BrNO2S. The van der Waals surface area contributed by atoms with Crippen LogP contribution in [0.4, 0.5) is 0 Å². The molecule has 0 heterocycles. The zero-order valence-electron chi connectivity index (χ0n) is 8.54. The highest BCUT2D eigenvalue weighted by molar-refractivity contribution is 9.09. The number of alkyl halides is 1. The molecule has 0 aliphatic heterocycles. The maximum atomic E-state index is 11.4. The van der Waals surface area contributed by atoms with Crippen molar-refractivity contribution in [3.63, 3.8) is 0 Å². The lowest BCUT2D eigenvalue weighted by atomic mass is 10.2. The maximum Gasteiger partial charge on any atom is 0.214 e. The standard InChI is InChI=1S/C8H18BrNO2S/c1-6(2)13(11,12)10-8(4)5-7(3)9/h6-8,10H,5H2,1-4H3. The fourth-order valence-corrected chi connectivity index (χ4v) is 2.44. The first-order valence-electron chi connectivity index (χ1n) is 4.41. The SMILES string of the molecule is CC(Br)CC(C)NS(=O)(=O)C(C)C. The highest BCUT2D eigenvalue weighted by Crippen LogP contribution is 2.08. The fourth-order valence-electron chi connectivity index (χ4n) is 0.952. The van der Waals surface area contributed by atoms with E-state index in [4.69, 9.17) is 0 Å². The van der Waals surface area contributed by atoms with Gasteiger partial charge >= 0.3 is 0 Å². The van der Waals surface area contributed by atoms with Gasteiger partial charge in [0.05, 0.1) is 5.25 Å². The molecule has 0 rings (SSSR count). The summed E-state index contributed by atoms with van der Waals surface area (Å²) in [6, 6.07) is -0.0122. The van der Waals surface area contributed by atoms with Crippen LogP contribution in [0, 0.1) is 0 Å². The average Bonchev–Trinajstić information content (AvgIpc) is 1.82. The van der Waals surface area contributed by atoms with Crippen LogP contribution < -0.4 is 4.72 Å². The Morgan fingerprint density at radius 2 is 1.69 bits per heavy atom. The summed E-state index contributed by atoms with van der Waals surface area (Å²) in [4.78, 5) is 0.331. The largest absolute Gasteiger partial charge is 0.214 e. The molecule has 0 saturated heterocycles. The molecule has 0 aromatic carbocycles. The molecule has 0 radical (unpaired) electrons. The highest BCUT2D eigenvalue weighted by atomic mass is 79.9. The predicted octanol–water partition coefficient (Wildman–Crippen LogP) is 1.88. The molecule has 13 heavy (non-hydrogen) atoms. The van der Waals surface area contributed by atoms with E-state index in [2.05, 4.69) is 20.7 Å². The van der Waals surface area contributed by atoms with Gasteiger partial charge in [-0.1, -0.05) is 22.9 Å². The molecule has 0 bridgehead atoms. The van der Waals surface area contributed by atoms with Gasteiger partial charge in [-0.3, -0.25) is 0 Å². The van der Waals surface area contributed by atoms with Crippen molar-refractivity contribution in [3.05, 3.63) is 0 Å². The number of hydrogen-bond donors (Lipinski definition) is 1. The molecule has 0 amide bonds. The minimum Gasteiger partial charge on any atom is -0.212 e. The quantitative estimate of drug-likeness (QED) is 0.777. The van der Waals surface area contributed by atoms with Crippen molar-refractivity contribution in [2.45, 2.75) is 50.2 Å². The average molecular weight is 272 g/mol. The third-order valence-corrected chi connectivity index (χ3v) is 4.01. The Kier molecular flexibility index (Phi) is 5.47. The molecule has 5 heteroatoms.